The lowest BCUT2D eigenvalue weighted by Crippen LogP contribution is -2.52. The summed E-state index contributed by atoms with van der Waals surface area (Å²) in [6.07, 6.45) is 10.2. The molecule has 0 spiro atoms. The Kier molecular flexibility index (Phi) is 37.2. The Hall–Kier alpha value is -10.9. The highest BCUT2D eigenvalue weighted by Gasteiger charge is 2.33. The highest BCUT2D eigenvalue weighted by molar-refractivity contribution is 7.92. The highest BCUT2D eigenvalue weighted by Crippen LogP contribution is 2.45. The van der Waals surface area contributed by atoms with E-state index in [1.165, 1.54) is 38.3 Å². The summed E-state index contributed by atoms with van der Waals surface area (Å²) in [7, 11) is -9.14. The summed E-state index contributed by atoms with van der Waals surface area (Å²) in [5.74, 6) is 2.91. The summed E-state index contributed by atoms with van der Waals surface area (Å²) in [6.45, 7) is 39.5. The lowest BCUT2D eigenvalue weighted by Gasteiger charge is -2.42. The number of benzene rings is 8. The van der Waals surface area contributed by atoms with Crippen molar-refractivity contribution in [3.63, 3.8) is 0 Å². The molecule has 0 radical (unpaired) electrons. The number of ether oxygens (including phenoxy) is 2. The van der Waals surface area contributed by atoms with Gasteiger partial charge in [0.1, 0.15) is 55.1 Å². The van der Waals surface area contributed by atoms with Crippen LogP contribution >= 0.6 is 63.4 Å². The normalized spacial score (nSPS) is 15.1. The van der Waals surface area contributed by atoms with Gasteiger partial charge in [0.2, 0.25) is 23.8 Å². The Bertz CT molecular complexity index is 6860. The van der Waals surface area contributed by atoms with Crippen molar-refractivity contribution in [3.8, 4) is 11.5 Å². The van der Waals surface area contributed by atoms with Crippen LogP contribution in [0, 0.1) is 26.6 Å². The summed E-state index contributed by atoms with van der Waals surface area (Å²) in [6, 6.07) is 50.9. The second kappa shape index (κ2) is 48.4. The molecule has 145 heavy (non-hydrogen) atoms. The van der Waals surface area contributed by atoms with Crippen molar-refractivity contribution in [2.24, 2.45) is 0 Å². The molecule has 0 bridgehead atoms. The van der Waals surface area contributed by atoms with Crippen molar-refractivity contribution in [2.45, 2.75) is 107 Å². The molecule has 0 saturated carbocycles. The average molecular weight is 2150 g/mol. The number of aryl methyl sites for hydroxylation is 3. The van der Waals surface area contributed by atoms with Crippen LogP contribution in [0.5, 0.6) is 11.5 Å². The lowest BCUT2D eigenvalue weighted by atomic mass is 10.0. The quantitative estimate of drug-likeness (QED) is 0.0194. The third-order valence-electron chi connectivity index (χ3n) is 25.6. The average Bonchev–Trinajstić information content (AvgIpc) is 0.788. The van der Waals surface area contributed by atoms with Crippen LogP contribution in [-0.2, 0) is 37.9 Å². The van der Waals surface area contributed by atoms with Crippen molar-refractivity contribution in [2.75, 3.05) is 213 Å². The zero-order valence-electron chi connectivity index (χ0n) is 85.5. The van der Waals surface area contributed by atoms with Crippen LogP contribution in [0.4, 0.5) is 108 Å². The molecule has 0 unspecified atom stereocenters. The first-order valence-corrected chi connectivity index (χ1v) is 62.5. The molecule has 8 aromatic carbocycles. The number of hydrogen-bond donors (Lipinski definition) is 8. The zero-order chi connectivity index (χ0) is 105. The van der Waals surface area contributed by atoms with E-state index in [4.69, 9.17) is 44.3 Å². The lowest BCUT2D eigenvalue weighted by molar-refractivity contribution is 0.0982. The maximum atomic E-state index is 14.7. The molecule has 16 rings (SSSR count). The SMILES string of the molecule is COc1cc(N2CCC(N3CCN(C)CC3)CC2)ccc1Nc1ncc(Cl)c(Nc2cc(C)ccc2P(C)(C)=O)n1.COc1cc(N2CCC(N3CCN(C)CC3)CC2)ccc1Nc1ncc(F)c(Nc2ccccc2P(C)(C)=O)n1.Cc1cc(P(C)(C)=O)ccc1Nc1ncc(Cl)c(Nc2ccccc2S(=O)(=O)C(C)C)n1.Cc1cc(P(C)(C)=O)ccc1Nc1ncc(Cl)c(Nc2ccccc2S(=O)(=O)C(C)C)n1. The van der Waals surface area contributed by atoms with Gasteiger partial charge in [0.15, 0.2) is 48.8 Å². The molecule has 0 amide bonds. The van der Waals surface area contributed by atoms with E-state index in [1.54, 1.807) is 168 Å². The van der Waals surface area contributed by atoms with Crippen molar-refractivity contribution < 1.29 is 49.0 Å². The molecule has 4 fully saturated rings. The van der Waals surface area contributed by atoms with Crippen LogP contribution in [0.1, 0.15) is 70.1 Å². The van der Waals surface area contributed by atoms with E-state index < -0.39 is 64.6 Å². The van der Waals surface area contributed by atoms with Crippen LogP contribution in [-0.4, -0.2) is 259 Å². The molecule has 4 saturated heterocycles. The van der Waals surface area contributed by atoms with E-state index in [1.807, 2.05) is 99.6 Å². The topological polar surface area (TPSA) is 374 Å². The van der Waals surface area contributed by atoms with Crippen molar-refractivity contribution in [1.29, 1.82) is 0 Å². The van der Waals surface area contributed by atoms with E-state index in [2.05, 4.69) is 144 Å². The van der Waals surface area contributed by atoms with E-state index in [0.29, 0.717) is 62.7 Å². The van der Waals surface area contributed by atoms with Crippen LogP contribution in [0.3, 0.4) is 0 Å². The summed E-state index contributed by atoms with van der Waals surface area (Å²) >= 11 is 19.0. The Morgan fingerprint density at radius 1 is 0.366 bits per heavy atom. The molecule has 0 aliphatic carbocycles. The largest absolute Gasteiger partial charge is 0.494 e. The van der Waals surface area contributed by atoms with Crippen LogP contribution in [0.15, 0.2) is 198 Å². The second-order valence-corrected chi connectivity index (χ2v) is 57.5. The highest BCUT2D eigenvalue weighted by atomic mass is 35.5. The first-order chi connectivity index (χ1) is 68.6. The van der Waals surface area contributed by atoms with Crippen LogP contribution < -0.4 is 83.0 Å². The van der Waals surface area contributed by atoms with Gasteiger partial charge in [-0.2, -0.15) is 19.9 Å². The number of sulfone groups is 2. The van der Waals surface area contributed by atoms with E-state index >= 15 is 0 Å². The van der Waals surface area contributed by atoms with E-state index in [0.717, 1.165) is 157 Å². The predicted molar refractivity (Wildman–Crippen MR) is 598 cm³/mol. The van der Waals surface area contributed by atoms with E-state index in [-0.39, 0.29) is 55.1 Å². The number of aromatic nitrogens is 8. The summed E-state index contributed by atoms with van der Waals surface area (Å²) in [5.41, 5.74) is 10.1. The molecule has 12 aromatic rings. The number of hydrogen-bond acceptors (Lipinski definition) is 32. The van der Waals surface area contributed by atoms with Crippen LogP contribution in [0.2, 0.25) is 15.1 Å². The van der Waals surface area contributed by atoms with Crippen molar-refractivity contribution in [3.05, 3.63) is 226 Å². The van der Waals surface area contributed by atoms with Gasteiger partial charge >= 0.3 is 0 Å². The first-order valence-electron chi connectivity index (χ1n) is 47.9. The van der Waals surface area contributed by atoms with Crippen LogP contribution in [0.25, 0.3) is 0 Å². The fourth-order valence-corrected chi connectivity index (χ4v) is 24.0. The molecule has 4 aliphatic heterocycles. The maximum Gasteiger partial charge on any atom is 0.229 e. The molecule has 42 heteroatoms. The van der Waals surface area contributed by atoms with Gasteiger partial charge in [-0.3, -0.25) is 9.80 Å². The summed E-state index contributed by atoms with van der Waals surface area (Å²) in [4.78, 5) is 50.1. The van der Waals surface area contributed by atoms with Gasteiger partial charge in [-0.05, 0) is 267 Å². The number of rotatable bonds is 30. The molecule has 774 valence electrons. The van der Waals surface area contributed by atoms with Gasteiger partial charge in [-0.15, -0.1) is 0 Å². The van der Waals surface area contributed by atoms with Gasteiger partial charge in [0.25, 0.3) is 0 Å². The number of para-hydroxylation sites is 3. The van der Waals surface area contributed by atoms with Gasteiger partial charge in [0, 0.05) is 147 Å². The minimum atomic E-state index is -3.51. The number of methoxy groups -OCH3 is 2. The fraction of sp³-hybridized carbons (Fsp3) is 0.379. The molecule has 8 heterocycles. The number of nitrogens with zero attached hydrogens (tertiary/aromatic N) is 14. The molecule has 32 nitrogen and oxygen atoms in total. The Balaban J connectivity index is 0.000000163. The summed E-state index contributed by atoms with van der Waals surface area (Å²) < 4.78 is 127. The molecular formula is C103H132Cl3FN22O10P4S2. The first kappa shape index (κ1) is 111. The summed E-state index contributed by atoms with van der Waals surface area (Å²) in [5, 5.41) is 27.8. The molecule has 8 N–H and O–H groups in total. The van der Waals surface area contributed by atoms with E-state index in [9.17, 15) is 39.5 Å². The number of nitrogens with one attached hydrogen (secondary N) is 8. The molecule has 0 atom stereocenters. The third kappa shape index (κ3) is 29.4. The van der Waals surface area contributed by atoms with Gasteiger partial charge < -0.3 is 89.9 Å². The smallest absolute Gasteiger partial charge is 0.229 e. The zero-order valence-corrected chi connectivity index (χ0v) is 93.0. The van der Waals surface area contributed by atoms with Gasteiger partial charge in [-0.25, -0.2) is 41.2 Å². The molecule has 4 aromatic heterocycles. The van der Waals surface area contributed by atoms with Crippen molar-refractivity contribution >= 4 is 208 Å². The fourth-order valence-electron chi connectivity index (χ4n) is 17.0. The predicted octanol–water partition coefficient (Wildman–Crippen LogP) is 20.7. The maximum absolute atomic E-state index is 14.7. The minimum Gasteiger partial charge on any atom is -0.494 e. The minimum absolute atomic E-state index is 0.00258. The molecule has 4 aliphatic rings. The monoisotopic (exact) mass is 2150 g/mol. The van der Waals surface area contributed by atoms with Gasteiger partial charge in [0.05, 0.1) is 93.4 Å². The third-order valence-corrected chi connectivity index (χ3v) is 37.0. The Morgan fingerprint density at radius 2 is 0.697 bits per heavy atom. The van der Waals surface area contributed by atoms with Crippen molar-refractivity contribution in [1.82, 2.24) is 59.5 Å². The Morgan fingerprint density at radius 3 is 1.06 bits per heavy atom. The number of piperidine rings is 2. The number of likely N-dealkylation sites (N-methyl/N-ethyl adjacent to an activating group) is 2. The number of piperazine rings is 2. The number of anilines is 18. The van der Waals surface area contributed by atoms with Gasteiger partial charge in [-0.1, -0.05) is 77.3 Å². The molecular weight excluding hydrogens is 2020 g/mol. The number of halogens is 4. The standard InChI is InChI=1S/C30H41ClN7O2P.C29H39FN7O2P.2C22H26ClN4O3PS/c1-21-6-9-28(41(4,5)39)26(18-21)33-29-24(31)20-32-30(35-29)34-25-8-7-23(19-27(25)40-3)37-12-10-22(11-13-37)38-16-14-36(2)15-17-38;1-35-15-17-37(18-16-35)21-11-13-36(14-12-21)22-9-10-24(26(19-22)39-2)33-29-31-20-23(30)28(34-29)32-25-7-5-6-8-27(25)40(3,4)38;2*1-14(2)32(29,30)20-9-7-6-8-19(20)25-21-17(23)13-24-22(27-21)26-18-11-10-16(12-15(18)3)31(4,5)28/h6-9,18-20,22H,10-17H2,1-5H3,(H2,32,33,34,35);5-10,19-21H,11-18H2,1-4H3,(H2,31,32,33,34);2*6-14H,1-5H3,(H2,24,25,26,27). The Labute approximate surface area is 867 Å². The second-order valence-electron chi connectivity index (χ2n) is 38.6.